The van der Waals surface area contributed by atoms with Crippen LogP contribution in [0.3, 0.4) is 0 Å². The van der Waals surface area contributed by atoms with E-state index < -0.39 is 0 Å². The van der Waals surface area contributed by atoms with Crippen molar-refractivity contribution in [3.63, 3.8) is 0 Å². The first-order valence-corrected chi connectivity index (χ1v) is 10.9. The predicted molar refractivity (Wildman–Crippen MR) is 121 cm³/mol. The van der Waals surface area contributed by atoms with Crippen LogP contribution in [0.2, 0.25) is 0 Å². The second kappa shape index (κ2) is 8.15. The summed E-state index contributed by atoms with van der Waals surface area (Å²) < 4.78 is 11.5. The van der Waals surface area contributed by atoms with Gasteiger partial charge in [0.25, 0.3) is 0 Å². The Morgan fingerprint density at radius 1 is 1.03 bits per heavy atom. The molecule has 1 saturated heterocycles. The van der Waals surface area contributed by atoms with Crippen molar-refractivity contribution in [2.45, 2.75) is 19.8 Å². The van der Waals surface area contributed by atoms with Crippen molar-refractivity contribution in [3.8, 4) is 11.5 Å². The molecule has 0 bridgehead atoms. The molecule has 2 N–H and O–H groups in total. The highest BCUT2D eigenvalue weighted by atomic mass is 16.6. The number of carbonyl (C=O) groups excluding carboxylic acids is 2. The first-order chi connectivity index (χ1) is 15.5. The van der Waals surface area contributed by atoms with Crippen LogP contribution in [0.1, 0.15) is 34.3 Å². The number of hydrogen-bond donors (Lipinski definition) is 1. The number of nitrogens with zero attached hydrogens (tertiary/aromatic N) is 2. The highest BCUT2D eigenvalue weighted by Gasteiger charge is 2.28. The molecule has 5 rings (SSSR count). The molecule has 0 unspecified atom stereocenters. The largest absolute Gasteiger partial charge is 0.486 e. The monoisotopic (exact) mass is 431 g/mol. The molecule has 2 aliphatic heterocycles. The molecule has 1 fully saturated rings. The third kappa shape index (κ3) is 3.64. The lowest BCUT2D eigenvalue weighted by atomic mass is 9.93. The van der Waals surface area contributed by atoms with Gasteiger partial charge in [0.1, 0.15) is 13.2 Å². The summed E-state index contributed by atoms with van der Waals surface area (Å²) in [6.07, 6.45) is 2.96. The summed E-state index contributed by atoms with van der Waals surface area (Å²) >= 11 is 0. The minimum atomic E-state index is -0.264. The fourth-order valence-corrected chi connectivity index (χ4v) is 4.47. The number of aryl methyl sites for hydroxylation is 1. The lowest BCUT2D eigenvalue weighted by Crippen LogP contribution is -2.39. The maximum absolute atomic E-state index is 13.5. The summed E-state index contributed by atoms with van der Waals surface area (Å²) in [5.41, 5.74) is 9.33. The number of ether oxygens (including phenoxy) is 2. The van der Waals surface area contributed by atoms with Gasteiger partial charge in [0, 0.05) is 42.2 Å². The number of primary amides is 1. The number of ketones is 1. The van der Waals surface area contributed by atoms with Crippen LogP contribution in [0.15, 0.2) is 42.6 Å². The minimum Gasteiger partial charge on any atom is -0.486 e. The van der Waals surface area contributed by atoms with Gasteiger partial charge in [-0.2, -0.15) is 0 Å². The molecule has 1 aromatic heterocycles. The molecular weight excluding hydrogens is 406 g/mol. The molecular formula is C25H25N3O4. The van der Waals surface area contributed by atoms with Crippen LogP contribution in [-0.2, 0) is 4.79 Å². The van der Waals surface area contributed by atoms with Crippen LogP contribution in [0.5, 0.6) is 11.5 Å². The Labute approximate surface area is 186 Å². The van der Waals surface area contributed by atoms with E-state index in [1.54, 1.807) is 6.20 Å². The fourth-order valence-electron chi connectivity index (χ4n) is 4.47. The number of hydrogen-bond acceptors (Lipinski definition) is 6. The van der Waals surface area contributed by atoms with Gasteiger partial charge in [0.05, 0.1) is 16.8 Å². The third-order valence-corrected chi connectivity index (χ3v) is 6.28. The molecule has 32 heavy (non-hydrogen) atoms. The standard InChI is InChI=1S/C25H25N3O4/c1-15-2-4-16(5-3-15)24(29)19-14-27-20-13-22-21(31-10-11-32-22)12-18(20)23(19)28-8-6-17(7-9-28)25(26)30/h2-5,12-14,17H,6-11H2,1H3,(H2,26,30). The third-order valence-electron chi connectivity index (χ3n) is 6.28. The van der Waals surface area contributed by atoms with Crippen LogP contribution < -0.4 is 20.1 Å². The van der Waals surface area contributed by atoms with Gasteiger partial charge in [-0.3, -0.25) is 14.6 Å². The Hall–Kier alpha value is -3.61. The lowest BCUT2D eigenvalue weighted by Gasteiger charge is -2.34. The maximum Gasteiger partial charge on any atom is 0.220 e. The SMILES string of the molecule is Cc1ccc(C(=O)c2cnc3cc4c(cc3c2N2CCC(C(N)=O)CC2)OCCO4)cc1. The molecule has 1 amide bonds. The molecule has 0 atom stereocenters. The Kier molecular flexibility index (Phi) is 5.17. The lowest BCUT2D eigenvalue weighted by molar-refractivity contribution is -0.122. The molecule has 3 heterocycles. The first kappa shape index (κ1) is 20.3. The van der Waals surface area contributed by atoms with Gasteiger partial charge in [-0.25, -0.2) is 0 Å². The molecule has 7 heteroatoms. The van der Waals surface area contributed by atoms with Crippen molar-refractivity contribution in [2.75, 3.05) is 31.2 Å². The average molecular weight is 431 g/mol. The van der Waals surface area contributed by atoms with Gasteiger partial charge in [0.2, 0.25) is 5.91 Å². The molecule has 164 valence electrons. The van der Waals surface area contributed by atoms with E-state index in [1.807, 2.05) is 43.3 Å². The number of benzene rings is 2. The van der Waals surface area contributed by atoms with Crippen molar-refractivity contribution >= 4 is 28.3 Å². The van der Waals surface area contributed by atoms with E-state index in [1.165, 1.54) is 0 Å². The zero-order valence-corrected chi connectivity index (χ0v) is 18.0. The Morgan fingerprint density at radius 3 is 2.34 bits per heavy atom. The minimum absolute atomic E-state index is 0.0821. The predicted octanol–water partition coefficient (Wildman–Crippen LogP) is 3.25. The number of carbonyl (C=O) groups is 2. The second-order valence-electron chi connectivity index (χ2n) is 8.39. The van der Waals surface area contributed by atoms with E-state index in [4.69, 9.17) is 15.2 Å². The van der Waals surface area contributed by atoms with E-state index >= 15 is 0 Å². The van der Waals surface area contributed by atoms with Crippen LogP contribution in [0.25, 0.3) is 10.9 Å². The van der Waals surface area contributed by atoms with Gasteiger partial charge in [-0.1, -0.05) is 29.8 Å². The Balaban J connectivity index is 1.64. The average Bonchev–Trinajstić information content (AvgIpc) is 2.82. The van der Waals surface area contributed by atoms with Crippen LogP contribution >= 0.6 is 0 Å². The molecule has 2 aromatic carbocycles. The number of pyridine rings is 1. The zero-order chi connectivity index (χ0) is 22.2. The van der Waals surface area contributed by atoms with E-state index in [9.17, 15) is 9.59 Å². The molecule has 0 spiro atoms. The van der Waals surface area contributed by atoms with Crippen LogP contribution in [0.4, 0.5) is 5.69 Å². The van der Waals surface area contributed by atoms with Gasteiger partial charge >= 0.3 is 0 Å². The number of anilines is 1. The first-order valence-electron chi connectivity index (χ1n) is 10.9. The molecule has 0 saturated carbocycles. The summed E-state index contributed by atoms with van der Waals surface area (Å²) in [7, 11) is 0. The van der Waals surface area contributed by atoms with Gasteiger partial charge in [-0.05, 0) is 25.8 Å². The summed E-state index contributed by atoms with van der Waals surface area (Å²) in [5.74, 6) is 0.826. The van der Waals surface area contributed by atoms with E-state index in [0.717, 1.165) is 22.2 Å². The fraction of sp³-hybridized carbons (Fsp3) is 0.320. The smallest absolute Gasteiger partial charge is 0.220 e. The van der Waals surface area contributed by atoms with Crippen LogP contribution in [-0.4, -0.2) is 43.0 Å². The summed E-state index contributed by atoms with van der Waals surface area (Å²) in [6, 6.07) is 11.3. The second-order valence-corrected chi connectivity index (χ2v) is 8.39. The Bertz CT molecular complexity index is 1200. The quantitative estimate of drug-likeness (QED) is 0.638. The van der Waals surface area contributed by atoms with Gasteiger partial charge in [-0.15, -0.1) is 0 Å². The Morgan fingerprint density at radius 2 is 1.69 bits per heavy atom. The van der Waals surface area contributed by atoms with Crippen LogP contribution in [0, 0.1) is 12.8 Å². The normalized spacial score (nSPS) is 16.2. The number of amides is 1. The van der Waals surface area contributed by atoms with E-state index in [0.29, 0.717) is 61.8 Å². The topological polar surface area (TPSA) is 94.8 Å². The molecule has 2 aliphatic rings. The molecule has 0 radical (unpaired) electrons. The maximum atomic E-state index is 13.5. The number of piperidine rings is 1. The molecule has 7 nitrogen and oxygen atoms in total. The van der Waals surface area contributed by atoms with Gasteiger partial charge in [0.15, 0.2) is 17.3 Å². The highest BCUT2D eigenvalue weighted by molar-refractivity contribution is 6.16. The van der Waals surface area contributed by atoms with Crippen molar-refractivity contribution in [3.05, 3.63) is 59.3 Å². The number of aromatic nitrogens is 1. The number of fused-ring (bicyclic) bond motifs is 2. The number of rotatable bonds is 4. The van der Waals surface area contributed by atoms with Crippen molar-refractivity contribution in [1.82, 2.24) is 4.98 Å². The summed E-state index contributed by atoms with van der Waals surface area (Å²) in [5, 5.41) is 0.838. The van der Waals surface area contributed by atoms with E-state index in [-0.39, 0.29) is 17.6 Å². The zero-order valence-electron chi connectivity index (χ0n) is 18.0. The summed E-state index contributed by atoms with van der Waals surface area (Å²) in [4.78, 5) is 32.0. The van der Waals surface area contributed by atoms with Crippen molar-refractivity contribution in [1.29, 1.82) is 0 Å². The number of nitrogens with two attached hydrogens (primary N) is 1. The molecule has 0 aliphatic carbocycles. The van der Waals surface area contributed by atoms with Crippen molar-refractivity contribution in [2.24, 2.45) is 11.7 Å². The van der Waals surface area contributed by atoms with Gasteiger partial charge < -0.3 is 20.1 Å². The summed E-state index contributed by atoms with van der Waals surface area (Å²) in [6.45, 7) is 4.24. The van der Waals surface area contributed by atoms with E-state index in [2.05, 4.69) is 9.88 Å². The molecule has 3 aromatic rings. The van der Waals surface area contributed by atoms with Crippen molar-refractivity contribution < 1.29 is 19.1 Å². The highest BCUT2D eigenvalue weighted by Crippen LogP contribution is 2.40.